The average molecular weight is 1030 g/mol. The smallest absolute Gasteiger partial charge is 0.421 e. The molecule has 0 aromatic heterocycles. The Labute approximate surface area is 374 Å². The molecule has 0 aliphatic heterocycles. The van der Waals surface area contributed by atoms with Crippen LogP contribution in [0.1, 0.15) is 127 Å². The Hall–Kier alpha value is -2.77. The molecular formula is C34H64F3N5O17S5. The number of primary sulfonamides is 2. The molecule has 5 rings (SSSR count). The molecule has 5 aliphatic rings. The third-order valence-corrected chi connectivity index (χ3v) is 18.9. The molecule has 64 heavy (non-hydrogen) atoms. The number of rotatable bonds is 12. The first-order chi connectivity index (χ1) is 28.5. The summed E-state index contributed by atoms with van der Waals surface area (Å²) in [6.45, 7) is 11.6. The zero-order valence-corrected chi connectivity index (χ0v) is 41.4. The molecule has 0 radical (unpaired) electrons. The van der Waals surface area contributed by atoms with Crippen molar-refractivity contribution >= 4 is 68.4 Å². The molecule has 0 bridgehead atoms. The van der Waals surface area contributed by atoms with E-state index < -0.39 is 136 Å². The monoisotopic (exact) mass is 1030 g/mol. The van der Waals surface area contributed by atoms with Crippen LogP contribution >= 0.6 is 0 Å². The number of sulfonamides is 5. The van der Waals surface area contributed by atoms with Gasteiger partial charge in [-0.15, -0.1) is 0 Å². The molecule has 30 heteroatoms. The van der Waals surface area contributed by atoms with Crippen LogP contribution in [0.3, 0.4) is 0 Å². The Bertz CT molecular complexity index is 2100. The lowest BCUT2D eigenvalue weighted by atomic mass is 10.2. The predicted molar refractivity (Wildman–Crippen MR) is 227 cm³/mol. The van der Waals surface area contributed by atoms with Crippen LogP contribution in [0.2, 0.25) is 0 Å². The zero-order chi connectivity index (χ0) is 50.5. The van der Waals surface area contributed by atoms with Crippen LogP contribution in [0.15, 0.2) is 0 Å². The van der Waals surface area contributed by atoms with E-state index in [-0.39, 0.29) is 12.8 Å². The van der Waals surface area contributed by atoms with Crippen molar-refractivity contribution in [1.29, 1.82) is 0 Å². The molecule has 0 aromatic carbocycles. The summed E-state index contributed by atoms with van der Waals surface area (Å²) in [7, 11) is -18.5. The van der Waals surface area contributed by atoms with Crippen molar-refractivity contribution in [3.63, 3.8) is 0 Å². The number of aliphatic hydroxyl groups is 1. The van der Waals surface area contributed by atoms with Gasteiger partial charge in [-0.3, -0.25) is 0 Å². The lowest BCUT2D eigenvalue weighted by Crippen LogP contribution is -2.43. The van der Waals surface area contributed by atoms with Crippen molar-refractivity contribution in [3.05, 3.63) is 0 Å². The first-order valence-corrected chi connectivity index (χ1v) is 27.2. The summed E-state index contributed by atoms with van der Waals surface area (Å²) >= 11 is 0. The lowest BCUT2D eigenvalue weighted by molar-refractivity contribution is 0.0556. The molecule has 5 fully saturated rings. The number of hydrogen-bond donors (Lipinski definition) is 6. The van der Waals surface area contributed by atoms with Gasteiger partial charge in [-0.2, -0.15) is 0 Å². The van der Waals surface area contributed by atoms with Gasteiger partial charge in [0.05, 0.1) is 11.9 Å². The molecule has 378 valence electrons. The fourth-order valence-corrected chi connectivity index (χ4v) is 9.83. The van der Waals surface area contributed by atoms with Gasteiger partial charge in [0.1, 0.15) is 55.8 Å². The summed E-state index contributed by atoms with van der Waals surface area (Å²) in [5, 5.41) is 18.0. The number of carbonyl (C=O) groups is 3. The van der Waals surface area contributed by atoms with E-state index in [2.05, 4.69) is 0 Å². The Morgan fingerprint density at radius 3 is 0.938 bits per heavy atom. The minimum atomic E-state index is -3.97. The topological polar surface area (TPSA) is 358 Å². The molecule has 5 saturated carbocycles. The number of carbonyl (C=O) groups excluding carboxylic acids is 3. The second-order valence-electron chi connectivity index (χ2n) is 18.9. The molecule has 8 N–H and O–H groups in total. The number of nitrogens with two attached hydrogens (primary N) is 2. The van der Waals surface area contributed by atoms with Crippen LogP contribution in [0.4, 0.5) is 27.6 Å². The zero-order valence-electron chi connectivity index (χ0n) is 37.3. The number of halogens is 3. The largest absolute Gasteiger partial charge is 0.443 e. The van der Waals surface area contributed by atoms with Crippen LogP contribution in [0.25, 0.3) is 0 Å². The average Bonchev–Trinajstić information content (AvgIpc) is 3.87. The Kier molecular flexibility index (Phi) is 19.1. The van der Waals surface area contributed by atoms with Gasteiger partial charge in [-0.05, 0) is 127 Å². The van der Waals surface area contributed by atoms with Gasteiger partial charge in [-0.1, -0.05) is 0 Å². The van der Waals surface area contributed by atoms with Crippen LogP contribution < -0.4 is 24.4 Å². The fraction of sp³-hybridized carbons (Fsp3) is 0.912. The van der Waals surface area contributed by atoms with E-state index in [1.165, 1.54) is 0 Å². The van der Waals surface area contributed by atoms with Gasteiger partial charge in [0, 0.05) is 0 Å². The lowest BCUT2D eigenvalue weighted by Gasteiger charge is -2.21. The minimum absolute atomic E-state index is 0.238. The van der Waals surface area contributed by atoms with Crippen molar-refractivity contribution in [2.24, 2.45) is 10.3 Å². The highest BCUT2D eigenvalue weighted by Crippen LogP contribution is 2.44. The highest BCUT2D eigenvalue weighted by atomic mass is 32.2. The van der Waals surface area contributed by atoms with Gasteiger partial charge < -0.3 is 19.3 Å². The van der Waals surface area contributed by atoms with Crippen molar-refractivity contribution in [1.82, 2.24) is 14.2 Å². The maximum atomic E-state index is 12.5. The number of aliphatic hydroxyl groups excluding tert-OH is 1. The number of hydrogen-bond acceptors (Lipinski definition) is 17. The van der Waals surface area contributed by atoms with E-state index in [9.17, 15) is 69.6 Å². The predicted octanol–water partition coefficient (Wildman–Crippen LogP) is 2.27. The molecule has 0 atom stereocenters. The molecule has 0 spiro atoms. The fourth-order valence-electron chi connectivity index (χ4n) is 4.44. The SMILES string of the molecule is CC(C)(C)OC(=O)NS(=O)(=O)C1(CF)CC1.CC(C)(C)OC(=O)NS(=O)(=O)C1(CO)CC1.CC(C)(C)OC(=O)NS(=O)(=O)C1CC1.NS(=O)(=O)C1(CF)CC1.NS(=O)(=O)C1(CF)CC1. The second-order valence-corrected chi connectivity index (χ2v) is 29.0. The molecular weight excluding hydrogens is 968 g/mol. The maximum Gasteiger partial charge on any atom is 0.421 e. The first kappa shape index (κ1) is 59.2. The van der Waals surface area contributed by atoms with Crippen molar-refractivity contribution in [3.8, 4) is 0 Å². The summed E-state index contributed by atoms with van der Waals surface area (Å²) in [6.07, 6.45) is 0.988. The number of nitrogens with one attached hydrogen (secondary N) is 3. The Morgan fingerprint density at radius 1 is 0.516 bits per heavy atom. The van der Waals surface area contributed by atoms with E-state index in [0.29, 0.717) is 51.4 Å². The third kappa shape index (κ3) is 18.5. The summed E-state index contributed by atoms with van der Waals surface area (Å²) in [4.78, 5) is 33.6. The molecule has 0 saturated heterocycles. The number of alkyl halides is 3. The molecule has 5 aliphatic carbocycles. The second kappa shape index (κ2) is 20.6. The van der Waals surface area contributed by atoms with E-state index in [1.807, 2.05) is 9.44 Å². The summed E-state index contributed by atoms with van der Waals surface area (Å²) in [5.41, 5.74) is -2.22. The van der Waals surface area contributed by atoms with Gasteiger partial charge >= 0.3 is 18.3 Å². The number of amides is 3. The molecule has 3 amide bonds. The summed E-state index contributed by atoms with van der Waals surface area (Å²) in [6, 6.07) is 0. The van der Waals surface area contributed by atoms with Crippen molar-refractivity contribution in [2.45, 2.75) is 168 Å². The quantitative estimate of drug-likeness (QED) is 0.153. The van der Waals surface area contributed by atoms with Crippen LogP contribution in [-0.4, -0.2) is 133 Å². The summed E-state index contributed by atoms with van der Waals surface area (Å²) < 4.78 is 162. The van der Waals surface area contributed by atoms with Crippen LogP contribution in [0.5, 0.6) is 0 Å². The van der Waals surface area contributed by atoms with Crippen LogP contribution in [0, 0.1) is 0 Å². The Morgan fingerprint density at radius 2 is 0.766 bits per heavy atom. The van der Waals surface area contributed by atoms with E-state index in [1.54, 1.807) is 67.0 Å². The minimum Gasteiger partial charge on any atom is -0.443 e. The molecule has 0 aromatic rings. The van der Waals surface area contributed by atoms with Crippen molar-refractivity contribution < 1.29 is 89.0 Å². The highest BCUT2D eigenvalue weighted by Gasteiger charge is 2.57. The molecule has 0 heterocycles. The third-order valence-electron chi connectivity index (χ3n) is 9.42. The molecule has 0 unspecified atom stereocenters. The van der Waals surface area contributed by atoms with Crippen LogP contribution in [-0.2, 0) is 64.3 Å². The Balaban J connectivity index is 0.000000408. The first-order valence-electron chi connectivity index (χ1n) is 19.6. The van der Waals surface area contributed by atoms with Gasteiger partial charge in [0.25, 0.3) is 0 Å². The maximum absolute atomic E-state index is 12.5. The van der Waals surface area contributed by atoms with E-state index in [0.717, 1.165) is 0 Å². The van der Waals surface area contributed by atoms with Gasteiger partial charge in [0.2, 0.25) is 50.1 Å². The van der Waals surface area contributed by atoms with Gasteiger partial charge in [-0.25, -0.2) is 94.1 Å². The van der Waals surface area contributed by atoms with Crippen molar-refractivity contribution in [2.75, 3.05) is 26.6 Å². The summed E-state index contributed by atoms with van der Waals surface area (Å²) in [5.74, 6) is 0. The molecule has 22 nitrogen and oxygen atoms in total. The van der Waals surface area contributed by atoms with E-state index in [4.69, 9.17) is 29.6 Å². The normalized spacial score (nSPS) is 20.0. The number of ether oxygens (including phenoxy) is 3. The van der Waals surface area contributed by atoms with Gasteiger partial charge in [0.15, 0.2) is 0 Å². The highest BCUT2D eigenvalue weighted by molar-refractivity contribution is 7.92. The standard InChI is InChI=1S/C9H16FNO4S.C9H17NO5S.C8H15NO4S.2C4H8FNO2S/c1-8(2,3)15-7(12)11-16(13,14)9(6-10)4-5-9;1-8(2,3)15-7(12)10-16(13,14)9(6-11)4-5-9;1-8(2,3)13-7(10)9-14(11,12)6-4-5-6;2*5-3-4(1-2-4)9(6,7)8/h4-6H2,1-3H3,(H,11,12);11H,4-6H2,1-3H3,(H,10,12);6H,4-5H2,1-3H3,(H,9,10);2*1-3H2,(H2,6,7,8). The van der Waals surface area contributed by atoms with E-state index >= 15 is 0 Å².